The molecule has 1 heterocycles. The van der Waals surface area contributed by atoms with Crippen molar-refractivity contribution in [3.05, 3.63) is 95.1 Å². The molecule has 3 aromatic rings. The minimum atomic E-state index is -0.127. The van der Waals surface area contributed by atoms with Crippen molar-refractivity contribution in [3.63, 3.8) is 0 Å². The fourth-order valence-corrected chi connectivity index (χ4v) is 4.25. The van der Waals surface area contributed by atoms with Crippen LogP contribution in [0.5, 0.6) is 11.5 Å². The number of carbonyl (C=O) groups is 1. The lowest BCUT2D eigenvalue weighted by Gasteiger charge is -2.38. The predicted molar refractivity (Wildman–Crippen MR) is 118 cm³/mol. The van der Waals surface area contributed by atoms with Crippen LogP contribution in [0.3, 0.4) is 0 Å². The highest BCUT2D eigenvalue weighted by molar-refractivity contribution is 5.78. The summed E-state index contributed by atoms with van der Waals surface area (Å²) in [5.74, 6) is 1.59. The Morgan fingerprint density at radius 2 is 1.57 bits per heavy atom. The van der Waals surface area contributed by atoms with E-state index in [0.29, 0.717) is 18.7 Å². The highest BCUT2D eigenvalue weighted by Gasteiger charge is 2.33. The molecule has 154 valence electrons. The molecule has 0 fully saturated rings. The van der Waals surface area contributed by atoms with Gasteiger partial charge in [0.2, 0.25) is 5.91 Å². The largest absolute Gasteiger partial charge is 0.493 e. The molecule has 0 radical (unpaired) electrons. The van der Waals surface area contributed by atoms with E-state index in [4.69, 9.17) is 9.47 Å². The molecule has 0 aromatic heterocycles. The van der Waals surface area contributed by atoms with Crippen molar-refractivity contribution < 1.29 is 14.3 Å². The molecular formula is C26H27NO3. The predicted octanol–water partition coefficient (Wildman–Crippen LogP) is 4.81. The van der Waals surface area contributed by atoms with Crippen molar-refractivity contribution in [2.75, 3.05) is 20.8 Å². The highest BCUT2D eigenvalue weighted by Crippen LogP contribution is 2.41. The molecule has 0 unspecified atom stereocenters. The van der Waals surface area contributed by atoms with Crippen LogP contribution in [0.15, 0.2) is 72.8 Å². The number of hydrogen-bond donors (Lipinski definition) is 0. The summed E-state index contributed by atoms with van der Waals surface area (Å²) in [6.45, 7) is 0.690. The van der Waals surface area contributed by atoms with Crippen molar-refractivity contribution in [3.8, 4) is 11.5 Å². The van der Waals surface area contributed by atoms with Gasteiger partial charge in [0.15, 0.2) is 11.5 Å². The maximum absolute atomic E-state index is 13.3. The Labute approximate surface area is 178 Å². The molecule has 4 heteroatoms. The minimum Gasteiger partial charge on any atom is -0.493 e. The van der Waals surface area contributed by atoms with Crippen LogP contribution in [0, 0.1) is 0 Å². The van der Waals surface area contributed by atoms with Gasteiger partial charge >= 0.3 is 0 Å². The summed E-state index contributed by atoms with van der Waals surface area (Å²) in [7, 11) is 3.30. The Balaban J connectivity index is 1.68. The zero-order chi connectivity index (χ0) is 20.9. The number of rotatable bonds is 6. The van der Waals surface area contributed by atoms with Crippen LogP contribution in [-0.2, 0) is 17.6 Å². The summed E-state index contributed by atoms with van der Waals surface area (Å²) < 4.78 is 11.1. The monoisotopic (exact) mass is 401 g/mol. The number of ether oxygens (including phenoxy) is 2. The fraction of sp³-hybridized carbons (Fsp3) is 0.269. The molecular weight excluding hydrogens is 374 g/mol. The Kier molecular flexibility index (Phi) is 6.03. The first-order chi connectivity index (χ1) is 14.7. The normalized spacial score (nSPS) is 15.4. The van der Waals surface area contributed by atoms with Crippen molar-refractivity contribution >= 4 is 5.91 Å². The number of benzene rings is 3. The van der Waals surface area contributed by atoms with Gasteiger partial charge in [-0.05, 0) is 47.2 Å². The summed E-state index contributed by atoms with van der Waals surface area (Å²) in [4.78, 5) is 15.3. The first-order valence-electron chi connectivity index (χ1n) is 10.3. The maximum Gasteiger partial charge on any atom is 0.223 e. The van der Waals surface area contributed by atoms with E-state index in [1.165, 1.54) is 11.1 Å². The summed E-state index contributed by atoms with van der Waals surface area (Å²) in [6, 6.07) is 24.4. The summed E-state index contributed by atoms with van der Waals surface area (Å²) in [5, 5.41) is 0. The van der Waals surface area contributed by atoms with Gasteiger partial charge in [0.05, 0.1) is 20.3 Å². The molecule has 0 aliphatic carbocycles. The number of carbonyl (C=O) groups excluding carboxylic acids is 1. The lowest BCUT2D eigenvalue weighted by Crippen LogP contribution is -2.40. The second kappa shape index (κ2) is 9.04. The number of methoxy groups -OCH3 is 2. The van der Waals surface area contributed by atoms with Crippen LogP contribution in [0.2, 0.25) is 0 Å². The van der Waals surface area contributed by atoms with Gasteiger partial charge < -0.3 is 14.4 Å². The fourth-order valence-electron chi connectivity index (χ4n) is 4.25. The van der Waals surface area contributed by atoms with Gasteiger partial charge in [-0.1, -0.05) is 60.7 Å². The highest BCUT2D eigenvalue weighted by atomic mass is 16.5. The summed E-state index contributed by atoms with van der Waals surface area (Å²) >= 11 is 0. The van der Waals surface area contributed by atoms with E-state index in [0.717, 1.165) is 29.7 Å². The molecule has 3 aromatic carbocycles. The molecule has 0 bridgehead atoms. The van der Waals surface area contributed by atoms with E-state index in [9.17, 15) is 4.79 Å². The molecule has 0 N–H and O–H groups in total. The quantitative estimate of drug-likeness (QED) is 0.595. The summed E-state index contributed by atoms with van der Waals surface area (Å²) in [6.07, 6.45) is 2.04. The van der Waals surface area contributed by atoms with E-state index >= 15 is 0 Å². The molecule has 1 atom stereocenters. The molecule has 1 aliphatic rings. The second-order valence-electron chi connectivity index (χ2n) is 7.54. The van der Waals surface area contributed by atoms with E-state index in [1.54, 1.807) is 14.2 Å². The van der Waals surface area contributed by atoms with E-state index < -0.39 is 0 Å². The molecule has 1 aliphatic heterocycles. The van der Waals surface area contributed by atoms with Crippen LogP contribution in [-0.4, -0.2) is 31.6 Å². The van der Waals surface area contributed by atoms with Gasteiger partial charge in [-0.15, -0.1) is 0 Å². The smallest absolute Gasteiger partial charge is 0.223 e. The van der Waals surface area contributed by atoms with Crippen molar-refractivity contribution in [2.45, 2.75) is 25.3 Å². The minimum absolute atomic E-state index is 0.127. The first-order valence-corrected chi connectivity index (χ1v) is 10.3. The molecule has 4 nitrogen and oxygen atoms in total. The molecule has 1 amide bonds. The Morgan fingerprint density at radius 3 is 2.23 bits per heavy atom. The van der Waals surface area contributed by atoms with Crippen LogP contribution >= 0.6 is 0 Å². The van der Waals surface area contributed by atoms with Gasteiger partial charge in [0, 0.05) is 13.0 Å². The second-order valence-corrected chi connectivity index (χ2v) is 7.54. The average Bonchev–Trinajstić information content (AvgIpc) is 2.82. The van der Waals surface area contributed by atoms with Crippen molar-refractivity contribution in [1.82, 2.24) is 4.90 Å². The number of hydrogen-bond acceptors (Lipinski definition) is 3. The zero-order valence-electron chi connectivity index (χ0n) is 17.5. The lowest BCUT2D eigenvalue weighted by atomic mass is 9.87. The molecule has 0 spiro atoms. The molecule has 0 saturated carbocycles. The third-order valence-corrected chi connectivity index (χ3v) is 5.78. The van der Waals surface area contributed by atoms with Crippen LogP contribution < -0.4 is 9.47 Å². The Bertz CT molecular complexity index is 1000. The summed E-state index contributed by atoms with van der Waals surface area (Å²) in [5.41, 5.74) is 4.61. The van der Waals surface area contributed by atoms with Crippen molar-refractivity contribution in [1.29, 1.82) is 0 Å². The topological polar surface area (TPSA) is 38.8 Å². The number of amides is 1. The lowest BCUT2D eigenvalue weighted by molar-refractivity contribution is -0.133. The molecule has 30 heavy (non-hydrogen) atoms. The standard InChI is InChI=1S/C26H27NO3/c1-29-23-17-21-15-16-27(25(28)14-13-19-9-5-3-6-10-19)26(20-11-7-4-8-12-20)22(21)18-24(23)30-2/h3-12,17-18,26H,13-16H2,1-2H3/t26-/m1/s1. The van der Waals surface area contributed by atoms with E-state index in [-0.39, 0.29) is 11.9 Å². The molecule has 4 rings (SSSR count). The van der Waals surface area contributed by atoms with Crippen LogP contribution in [0.4, 0.5) is 0 Å². The van der Waals surface area contributed by atoms with E-state index in [1.807, 2.05) is 47.4 Å². The SMILES string of the molecule is COc1cc2c(cc1OC)[C@@H](c1ccccc1)N(C(=O)CCc1ccccc1)CC2. The zero-order valence-corrected chi connectivity index (χ0v) is 17.5. The maximum atomic E-state index is 13.3. The van der Waals surface area contributed by atoms with Crippen LogP contribution in [0.25, 0.3) is 0 Å². The van der Waals surface area contributed by atoms with Crippen LogP contribution in [0.1, 0.15) is 34.7 Å². The Morgan fingerprint density at radius 1 is 0.933 bits per heavy atom. The van der Waals surface area contributed by atoms with Gasteiger partial charge in [-0.25, -0.2) is 0 Å². The van der Waals surface area contributed by atoms with Gasteiger partial charge in [-0.3, -0.25) is 4.79 Å². The number of nitrogens with zero attached hydrogens (tertiary/aromatic N) is 1. The first kappa shape index (κ1) is 20.0. The molecule has 0 saturated heterocycles. The van der Waals surface area contributed by atoms with Crippen molar-refractivity contribution in [2.24, 2.45) is 0 Å². The van der Waals surface area contributed by atoms with Gasteiger partial charge in [-0.2, -0.15) is 0 Å². The number of fused-ring (bicyclic) bond motifs is 1. The number of aryl methyl sites for hydroxylation is 1. The Hall–Kier alpha value is -3.27. The average molecular weight is 402 g/mol. The van der Waals surface area contributed by atoms with Gasteiger partial charge in [0.25, 0.3) is 0 Å². The third-order valence-electron chi connectivity index (χ3n) is 5.78. The van der Waals surface area contributed by atoms with E-state index in [2.05, 4.69) is 30.3 Å². The third kappa shape index (κ3) is 4.04. The van der Waals surface area contributed by atoms with Gasteiger partial charge in [0.1, 0.15) is 0 Å².